The first-order valence-electron chi connectivity index (χ1n) is 6.79. The van der Waals surface area contributed by atoms with E-state index in [4.69, 9.17) is 9.47 Å². The van der Waals surface area contributed by atoms with Gasteiger partial charge in [-0.15, -0.1) is 0 Å². The molecule has 7 heteroatoms. The number of hydrogen-bond donors (Lipinski definition) is 0. The zero-order valence-corrected chi connectivity index (χ0v) is 13.6. The molecule has 23 heavy (non-hydrogen) atoms. The molecule has 6 nitrogen and oxygen atoms in total. The minimum atomic E-state index is -3.77. The van der Waals surface area contributed by atoms with Crippen LogP contribution in [0.2, 0.25) is 0 Å². The lowest BCUT2D eigenvalue weighted by molar-refractivity contribution is -0.134. The fourth-order valence-electron chi connectivity index (χ4n) is 1.85. The van der Waals surface area contributed by atoms with Gasteiger partial charge in [-0.3, -0.25) is 4.79 Å². The van der Waals surface area contributed by atoms with Crippen LogP contribution >= 0.6 is 0 Å². The van der Waals surface area contributed by atoms with Gasteiger partial charge in [0.1, 0.15) is 18.0 Å². The monoisotopic (exact) mass is 335 g/mol. The second-order valence-corrected chi connectivity index (χ2v) is 6.77. The number of para-hydroxylation sites is 1. The van der Waals surface area contributed by atoms with E-state index in [1.54, 1.807) is 42.5 Å². The van der Waals surface area contributed by atoms with E-state index in [1.165, 1.54) is 26.3 Å². The van der Waals surface area contributed by atoms with Gasteiger partial charge in [-0.2, -0.15) is 4.31 Å². The fourth-order valence-corrected chi connectivity index (χ4v) is 2.96. The van der Waals surface area contributed by atoms with Gasteiger partial charge in [-0.25, -0.2) is 8.42 Å². The molecule has 0 saturated carbocycles. The van der Waals surface area contributed by atoms with Crippen LogP contribution < -0.4 is 9.47 Å². The summed E-state index contributed by atoms with van der Waals surface area (Å²) < 4.78 is 35.8. The van der Waals surface area contributed by atoms with Crippen LogP contribution in [0.4, 0.5) is 0 Å². The fraction of sp³-hybridized carbons (Fsp3) is 0.188. The first-order valence-corrected chi connectivity index (χ1v) is 8.23. The molecule has 0 spiro atoms. The number of benzene rings is 2. The minimum absolute atomic E-state index is 0.0771. The predicted octanol–water partition coefficient (Wildman–Crippen LogP) is 1.92. The summed E-state index contributed by atoms with van der Waals surface area (Å²) in [6, 6.07) is 14.4. The molecule has 0 fully saturated rings. The topological polar surface area (TPSA) is 72.9 Å². The second-order valence-electron chi connectivity index (χ2n) is 4.72. The summed E-state index contributed by atoms with van der Waals surface area (Å²) in [5.41, 5.74) is 0. The number of ether oxygens (including phenoxy) is 2. The van der Waals surface area contributed by atoms with Crippen LogP contribution in [0.1, 0.15) is 0 Å². The predicted molar refractivity (Wildman–Crippen MR) is 84.9 cm³/mol. The molecule has 0 bridgehead atoms. The summed E-state index contributed by atoms with van der Waals surface area (Å²) >= 11 is 0. The normalized spacial score (nSPS) is 11.3. The maximum Gasteiger partial charge on any atom is 0.326 e. The molecule has 0 unspecified atom stereocenters. The van der Waals surface area contributed by atoms with Gasteiger partial charge in [-0.1, -0.05) is 18.2 Å². The molecule has 0 aliphatic carbocycles. The van der Waals surface area contributed by atoms with Gasteiger partial charge in [-0.05, 0) is 36.4 Å². The Morgan fingerprint density at radius 2 is 1.61 bits per heavy atom. The maximum absolute atomic E-state index is 12.4. The van der Waals surface area contributed by atoms with Crippen molar-refractivity contribution < 1.29 is 22.7 Å². The Hall–Kier alpha value is -2.38. The van der Waals surface area contributed by atoms with Crippen molar-refractivity contribution in [3.63, 3.8) is 0 Å². The zero-order chi connectivity index (χ0) is 16.9. The third kappa shape index (κ3) is 4.30. The van der Waals surface area contributed by atoms with Crippen LogP contribution in [0.25, 0.3) is 0 Å². The molecule has 2 rings (SSSR count). The lowest BCUT2D eigenvalue weighted by Gasteiger charge is -2.16. The third-order valence-corrected chi connectivity index (χ3v) is 4.91. The standard InChI is InChI=1S/C16H17NO5S/c1-17(12-16(18)22-14-6-4-3-5-7-14)23(19,20)15-10-8-13(21-2)9-11-15/h3-11H,12H2,1-2H3. The van der Waals surface area contributed by atoms with Crippen molar-refractivity contribution in [3.8, 4) is 11.5 Å². The molecule has 0 heterocycles. The highest BCUT2D eigenvalue weighted by Crippen LogP contribution is 2.18. The van der Waals surface area contributed by atoms with Gasteiger partial charge < -0.3 is 9.47 Å². The number of methoxy groups -OCH3 is 1. The molecule has 0 N–H and O–H groups in total. The summed E-state index contributed by atoms with van der Waals surface area (Å²) in [6.07, 6.45) is 0. The van der Waals surface area contributed by atoms with E-state index in [-0.39, 0.29) is 11.4 Å². The van der Waals surface area contributed by atoms with E-state index in [1.807, 2.05) is 0 Å². The Kier molecular flexibility index (Phi) is 5.36. The quantitative estimate of drug-likeness (QED) is 0.596. The smallest absolute Gasteiger partial charge is 0.326 e. The van der Waals surface area contributed by atoms with E-state index >= 15 is 0 Å². The van der Waals surface area contributed by atoms with Crippen molar-refractivity contribution in [2.24, 2.45) is 0 Å². The van der Waals surface area contributed by atoms with Gasteiger partial charge >= 0.3 is 5.97 Å². The Bertz CT molecular complexity index is 757. The van der Waals surface area contributed by atoms with E-state index < -0.39 is 16.0 Å². The van der Waals surface area contributed by atoms with Crippen molar-refractivity contribution in [2.45, 2.75) is 4.90 Å². The molecule has 0 aromatic heterocycles. The molecule has 0 atom stereocenters. The van der Waals surface area contributed by atoms with Crippen molar-refractivity contribution in [1.82, 2.24) is 4.31 Å². The molecule has 0 saturated heterocycles. The highest BCUT2D eigenvalue weighted by atomic mass is 32.2. The van der Waals surface area contributed by atoms with Gasteiger partial charge in [0.05, 0.1) is 12.0 Å². The number of esters is 1. The zero-order valence-electron chi connectivity index (χ0n) is 12.8. The van der Waals surface area contributed by atoms with Gasteiger partial charge in [0.15, 0.2) is 0 Å². The molecule has 2 aromatic carbocycles. The molecule has 122 valence electrons. The second kappa shape index (κ2) is 7.26. The first kappa shape index (κ1) is 17.0. The van der Waals surface area contributed by atoms with Crippen LogP contribution in [-0.4, -0.2) is 39.4 Å². The van der Waals surface area contributed by atoms with Crippen molar-refractivity contribution >= 4 is 16.0 Å². The van der Waals surface area contributed by atoms with Crippen LogP contribution in [0.15, 0.2) is 59.5 Å². The molecule has 0 aliphatic heterocycles. The van der Waals surface area contributed by atoms with Crippen LogP contribution in [0.5, 0.6) is 11.5 Å². The molecular formula is C16H17NO5S. The van der Waals surface area contributed by atoms with Gasteiger partial charge in [0.25, 0.3) is 0 Å². The van der Waals surface area contributed by atoms with Gasteiger partial charge in [0, 0.05) is 7.05 Å². The Balaban J connectivity index is 2.05. The average Bonchev–Trinajstić information content (AvgIpc) is 2.55. The number of carbonyl (C=O) groups is 1. The SMILES string of the molecule is COc1ccc(S(=O)(=O)N(C)CC(=O)Oc2ccccc2)cc1. The van der Waals surface area contributed by atoms with Gasteiger partial charge in [0.2, 0.25) is 10.0 Å². The first-order chi connectivity index (χ1) is 10.9. The largest absolute Gasteiger partial charge is 0.497 e. The summed E-state index contributed by atoms with van der Waals surface area (Å²) in [5.74, 6) is 0.263. The molecule has 0 radical (unpaired) electrons. The lowest BCUT2D eigenvalue weighted by Crippen LogP contribution is -2.34. The summed E-state index contributed by atoms with van der Waals surface area (Å²) in [4.78, 5) is 11.9. The number of rotatable bonds is 6. The van der Waals surface area contributed by atoms with E-state index in [9.17, 15) is 13.2 Å². The maximum atomic E-state index is 12.4. The Labute approximate surface area is 135 Å². The van der Waals surface area contributed by atoms with Crippen molar-refractivity contribution in [3.05, 3.63) is 54.6 Å². The van der Waals surface area contributed by atoms with E-state index in [2.05, 4.69) is 0 Å². The van der Waals surface area contributed by atoms with Crippen LogP contribution in [0, 0.1) is 0 Å². The number of carbonyl (C=O) groups excluding carboxylic acids is 1. The minimum Gasteiger partial charge on any atom is -0.497 e. The van der Waals surface area contributed by atoms with Crippen LogP contribution in [0.3, 0.4) is 0 Å². The third-order valence-electron chi connectivity index (χ3n) is 3.09. The number of hydrogen-bond acceptors (Lipinski definition) is 5. The van der Waals surface area contributed by atoms with Crippen LogP contribution in [-0.2, 0) is 14.8 Å². The van der Waals surface area contributed by atoms with Crippen molar-refractivity contribution in [2.75, 3.05) is 20.7 Å². The number of likely N-dealkylation sites (N-methyl/N-ethyl adjacent to an activating group) is 1. The molecule has 0 aliphatic rings. The Morgan fingerprint density at radius 1 is 1.00 bits per heavy atom. The molecular weight excluding hydrogens is 318 g/mol. The van der Waals surface area contributed by atoms with E-state index in [0.29, 0.717) is 11.5 Å². The highest BCUT2D eigenvalue weighted by molar-refractivity contribution is 7.89. The number of sulfonamides is 1. The summed E-state index contributed by atoms with van der Waals surface area (Å²) in [5, 5.41) is 0. The Morgan fingerprint density at radius 3 is 2.17 bits per heavy atom. The lowest BCUT2D eigenvalue weighted by atomic mass is 10.3. The summed E-state index contributed by atoms with van der Waals surface area (Å²) in [7, 11) is -0.954. The molecule has 2 aromatic rings. The number of nitrogens with zero attached hydrogens (tertiary/aromatic N) is 1. The molecule has 0 amide bonds. The van der Waals surface area contributed by atoms with E-state index in [0.717, 1.165) is 4.31 Å². The highest BCUT2D eigenvalue weighted by Gasteiger charge is 2.23. The summed E-state index contributed by atoms with van der Waals surface area (Å²) in [6.45, 7) is -0.386. The average molecular weight is 335 g/mol. The van der Waals surface area contributed by atoms with Crippen molar-refractivity contribution in [1.29, 1.82) is 0 Å².